The molecule has 1 fully saturated rings. The fraction of sp³-hybridized carbons (Fsp3) is 0.348. The van der Waals surface area contributed by atoms with Crippen molar-refractivity contribution >= 4 is 57.6 Å². The Morgan fingerprint density at radius 2 is 2.09 bits per heavy atom. The molecular formula is C23H24ClN7O4. The number of carbonyl (C=O) groups excluding carboxylic acids is 2. The number of hydrogen-bond donors (Lipinski definition) is 2. The summed E-state index contributed by atoms with van der Waals surface area (Å²) < 4.78 is 13.0. The minimum absolute atomic E-state index is 0.0283. The quantitative estimate of drug-likeness (QED) is 0.428. The molecule has 11 nitrogen and oxygen atoms in total. The van der Waals surface area contributed by atoms with Gasteiger partial charge >= 0.3 is 12.1 Å². The first kappa shape index (κ1) is 22.9. The molecule has 35 heavy (non-hydrogen) atoms. The first-order chi connectivity index (χ1) is 16.6. The fourth-order valence-corrected chi connectivity index (χ4v) is 4.30. The van der Waals surface area contributed by atoms with Crippen LogP contribution in [0.1, 0.15) is 43.6 Å². The van der Waals surface area contributed by atoms with Crippen LogP contribution < -0.4 is 11.1 Å². The number of oxazole rings is 1. The van der Waals surface area contributed by atoms with Gasteiger partial charge in [-0.2, -0.15) is 4.98 Å². The molecule has 5 rings (SSSR count). The number of nitrogen functional groups attached to an aromatic ring is 1. The number of ether oxygens (including phenoxy) is 1. The van der Waals surface area contributed by atoms with Gasteiger partial charge in [-0.05, 0) is 45.4 Å². The zero-order valence-electron chi connectivity index (χ0n) is 19.4. The van der Waals surface area contributed by atoms with Crippen LogP contribution in [0.15, 0.2) is 35.1 Å². The molecule has 182 valence electrons. The van der Waals surface area contributed by atoms with Gasteiger partial charge in [-0.1, -0.05) is 11.6 Å². The van der Waals surface area contributed by atoms with Gasteiger partial charge in [0.25, 0.3) is 5.91 Å². The van der Waals surface area contributed by atoms with Crippen LogP contribution in [0.5, 0.6) is 0 Å². The van der Waals surface area contributed by atoms with Crippen molar-refractivity contribution in [2.75, 3.05) is 24.1 Å². The largest absolute Gasteiger partial charge is 0.444 e. The highest BCUT2D eigenvalue weighted by atomic mass is 35.5. The highest BCUT2D eigenvalue weighted by Gasteiger charge is 2.33. The van der Waals surface area contributed by atoms with Crippen molar-refractivity contribution in [3.05, 3.63) is 41.3 Å². The molecule has 3 aromatic heterocycles. The molecule has 4 heterocycles. The summed E-state index contributed by atoms with van der Waals surface area (Å²) in [7, 11) is 0. The van der Waals surface area contributed by atoms with E-state index in [0.717, 1.165) is 0 Å². The SMILES string of the molecule is CC(C)(C)OC(=O)N1CC[C@@H](n2cc(C(=O)Nc3nc4cc(Cl)ccc4o3)c3c(N)ncnc32)C1. The Kier molecular flexibility index (Phi) is 5.51. The molecule has 1 saturated heterocycles. The minimum atomic E-state index is -0.585. The van der Waals surface area contributed by atoms with Gasteiger partial charge in [0.15, 0.2) is 5.58 Å². The molecule has 0 radical (unpaired) electrons. The molecule has 4 aromatic rings. The lowest BCUT2D eigenvalue weighted by Gasteiger charge is -2.24. The zero-order chi connectivity index (χ0) is 24.9. The number of hydrogen-bond acceptors (Lipinski definition) is 8. The third-order valence-electron chi connectivity index (χ3n) is 5.66. The highest BCUT2D eigenvalue weighted by Crippen LogP contribution is 2.32. The lowest BCUT2D eigenvalue weighted by molar-refractivity contribution is 0.0289. The number of nitrogens with zero attached hydrogens (tertiary/aromatic N) is 5. The summed E-state index contributed by atoms with van der Waals surface area (Å²) in [5.41, 5.74) is 7.34. The van der Waals surface area contributed by atoms with E-state index in [1.165, 1.54) is 6.33 Å². The summed E-state index contributed by atoms with van der Waals surface area (Å²) in [5, 5.41) is 3.60. The van der Waals surface area contributed by atoms with Crippen molar-refractivity contribution in [2.24, 2.45) is 0 Å². The normalized spacial score (nSPS) is 16.2. The van der Waals surface area contributed by atoms with Crippen LogP contribution in [0.3, 0.4) is 0 Å². The summed E-state index contributed by atoms with van der Waals surface area (Å²) in [5.74, 6) is -0.305. The molecule has 0 spiro atoms. The number of fused-ring (bicyclic) bond motifs is 2. The Morgan fingerprint density at radius 1 is 1.29 bits per heavy atom. The van der Waals surface area contributed by atoms with E-state index in [2.05, 4.69) is 20.3 Å². The van der Waals surface area contributed by atoms with Crippen molar-refractivity contribution in [3.63, 3.8) is 0 Å². The summed E-state index contributed by atoms with van der Waals surface area (Å²) in [6.07, 6.45) is 3.31. The Hall–Kier alpha value is -3.86. The van der Waals surface area contributed by atoms with Crippen LogP contribution in [0.25, 0.3) is 22.1 Å². The van der Waals surface area contributed by atoms with E-state index in [9.17, 15) is 9.59 Å². The van der Waals surface area contributed by atoms with Crippen LogP contribution in [-0.4, -0.2) is 55.1 Å². The molecule has 1 aliphatic heterocycles. The predicted molar refractivity (Wildman–Crippen MR) is 130 cm³/mol. The number of nitrogens with one attached hydrogen (secondary N) is 1. The number of amides is 2. The number of carbonyl (C=O) groups is 2. The van der Waals surface area contributed by atoms with Crippen molar-refractivity contribution < 1.29 is 18.7 Å². The van der Waals surface area contributed by atoms with Crippen molar-refractivity contribution in [2.45, 2.75) is 38.8 Å². The third-order valence-corrected chi connectivity index (χ3v) is 5.90. The smallest absolute Gasteiger partial charge is 0.410 e. The van der Waals surface area contributed by atoms with E-state index in [-0.39, 0.29) is 29.5 Å². The first-order valence-corrected chi connectivity index (χ1v) is 11.4. The van der Waals surface area contributed by atoms with Gasteiger partial charge in [0.05, 0.1) is 17.0 Å². The van der Waals surface area contributed by atoms with Gasteiger partial charge in [-0.15, -0.1) is 0 Å². The van der Waals surface area contributed by atoms with E-state index < -0.39 is 11.5 Å². The maximum Gasteiger partial charge on any atom is 0.410 e. The van der Waals surface area contributed by atoms with E-state index in [1.807, 2.05) is 25.3 Å². The highest BCUT2D eigenvalue weighted by molar-refractivity contribution is 6.31. The minimum Gasteiger partial charge on any atom is -0.444 e. The number of rotatable bonds is 3. The summed E-state index contributed by atoms with van der Waals surface area (Å²) >= 11 is 6.01. The van der Waals surface area contributed by atoms with Gasteiger partial charge < -0.3 is 24.4 Å². The van der Waals surface area contributed by atoms with Gasteiger partial charge in [-0.3, -0.25) is 10.1 Å². The summed E-state index contributed by atoms with van der Waals surface area (Å²) in [6.45, 7) is 6.41. The second-order valence-electron chi connectivity index (χ2n) is 9.36. The molecular weight excluding hydrogens is 474 g/mol. The first-order valence-electron chi connectivity index (χ1n) is 11.1. The molecule has 0 bridgehead atoms. The molecule has 0 unspecified atom stereocenters. The van der Waals surface area contributed by atoms with Crippen LogP contribution in [-0.2, 0) is 4.74 Å². The molecule has 0 saturated carbocycles. The van der Waals surface area contributed by atoms with Gasteiger partial charge in [-0.25, -0.2) is 14.8 Å². The summed E-state index contributed by atoms with van der Waals surface area (Å²) in [4.78, 5) is 40.1. The molecule has 1 aliphatic rings. The van der Waals surface area contributed by atoms with Crippen LogP contribution in [0.2, 0.25) is 5.02 Å². The number of anilines is 2. The van der Waals surface area contributed by atoms with E-state index in [4.69, 9.17) is 26.5 Å². The maximum atomic E-state index is 13.2. The van der Waals surface area contributed by atoms with Gasteiger partial charge in [0.2, 0.25) is 0 Å². The molecule has 12 heteroatoms. The van der Waals surface area contributed by atoms with E-state index in [0.29, 0.717) is 46.7 Å². The van der Waals surface area contributed by atoms with Crippen molar-refractivity contribution in [3.8, 4) is 0 Å². The lowest BCUT2D eigenvalue weighted by atomic mass is 10.2. The Balaban J connectivity index is 1.44. The van der Waals surface area contributed by atoms with Crippen LogP contribution in [0, 0.1) is 0 Å². The van der Waals surface area contributed by atoms with Crippen LogP contribution in [0.4, 0.5) is 16.6 Å². The average Bonchev–Trinajstić information content (AvgIpc) is 3.48. The van der Waals surface area contributed by atoms with E-state index >= 15 is 0 Å². The van der Waals surface area contributed by atoms with Gasteiger partial charge in [0.1, 0.15) is 28.9 Å². The fourth-order valence-electron chi connectivity index (χ4n) is 4.14. The monoisotopic (exact) mass is 497 g/mol. The Labute approximate surface area is 205 Å². The zero-order valence-corrected chi connectivity index (χ0v) is 20.2. The van der Waals surface area contributed by atoms with Crippen molar-refractivity contribution in [1.82, 2.24) is 24.4 Å². The third kappa shape index (κ3) is 4.46. The topological polar surface area (TPSA) is 141 Å². The molecule has 3 N–H and O–H groups in total. The number of halogens is 1. The van der Waals surface area contributed by atoms with Crippen molar-refractivity contribution in [1.29, 1.82) is 0 Å². The van der Waals surface area contributed by atoms with Gasteiger partial charge in [0, 0.05) is 24.3 Å². The number of nitrogens with two attached hydrogens (primary N) is 1. The number of likely N-dealkylation sites (tertiary alicyclic amines) is 1. The standard InChI is InChI=1S/C23H24ClN7O4/c1-23(2,3)35-22(33)30-7-6-13(9-30)31-10-14(17-18(25)26-11-27-19(17)31)20(32)29-21-28-15-8-12(24)4-5-16(15)34-21/h4-5,8,10-11,13H,6-7,9H2,1-3H3,(H2,25,26,27)(H,28,29,32)/t13-/m1/s1. The maximum absolute atomic E-state index is 13.2. The van der Waals surface area contributed by atoms with Crippen LogP contribution >= 0.6 is 11.6 Å². The second kappa shape index (κ2) is 8.42. The molecule has 1 atom stereocenters. The second-order valence-corrected chi connectivity index (χ2v) is 9.80. The Bertz CT molecular complexity index is 1460. The number of aromatic nitrogens is 4. The molecule has 2 amide bonds. The average molecular weight is 498 g/mol. The Morgan fingerprint density at radius 3 is 2.86 bits per heavy atom. The predicted octanol–water partition coefficient (Wildman–Crippen LogP) is 4.24. The lowest BCUT2D eigenvalue weighted by Crippen LogP contribution is -2.35. The molecule has 0 aliphatic carbocycles. The number of benzene rings is 1. The molecule has 1 aromatic carbocycles. The van der Waals surface area contributed by atoms with E-state index in [1.54, 1.807) is 29.3 Å². The summed E-state index contributed by atoms with van der Waals surface area (Å²) in [6, 6.07) is 4.90.